The molecule has 1 heterocycles. The van der Waals surface area contributed by atoms with Crippen LogP contribution in [0.1, 0.15) is 22.3 Å². The quantitative estimate of drug-likeness (QED) is 0.428. The number of carbonyl (C=O) groups is 2. The molecule has 0 unspecified atom stereocenters. The molecule has 0 bridgehead atoms. The fourth-order valence-corrected chi connectivity index (χ4v) is 3.25. The number of aryl methyl sites for hydroxylation is 1. The highest BCUT2D eigenvalue weighted by Crippen LogP contribution is 2.23. The molecule has 30 heavy (non-hydrogen) atoms. The monoisotopic (exact) mass is 418 g/mol. The molecule has 4 rings (SSSR count). The molecule has 3 aromatic carbocycles. The Morgan fingerprint density at radius 3 is 2.43 bits per heavy atom. The van der Waals surface area contributed by atoms with E-state index in [0.717, 1.165) is 22.2 Å². The SMILES string of the molecule is NC(=O)CCc1ccc(NC(=O)c2ccc3nc(-c4ccc(Cl)cc4)[nH]c3c2)cc1. The average molecular weight is 419 g/mol. The fourth-order valence-electron chi connectivity index (χ4n) is 3.12. The predicted octanol–water partition coefficient (Wildman–Crippen LogP) is 4.55. The van der Waals surface area contributed by atoms with Crippen LogP contribution in [0.2, 0.25) is 5.02 Å². The molecule has 7 heteroatoms. The molecule has 4 aromatic rings. The van der Waals surface area contributed by atoms with Gasteiger partial charge in [0.1, 0.15) is 5.82 Å². The van der Waals surface area contributed by atoms with Crippen LogP contribution in [0.3, 0.4) is 0 Å². The summed E-state index contributed by atoms with van der Waals surface area (Å²) in [6, 6.07) is 20.1. The number of hydrogen-bond donors (Lipinski definition) is 3. The second kappa shape index (κ2) is 8.39. The first kappa shape index (κ1) is 19.7. The lowest BCUT2D eigenvalue weighted by Gasteiger charge is -2.06. The Kier molecular flexibility index (Phi) is 5.50. The van der Waals surface area contributed by atoms with Gasteiger partial charge in [0.2, 0.25) is 5.91 Å². The topological polar surface area (TPSA) is 101 Å². The number of H-pyrrole nitrogens is 1. The Morgan fingerprint density at radius 2 is 1.73 bits per heavy atom. The lowest BCUT2D eigenvalue weighted by Crippen LogP contribution is -2.12. The number of nitrogens with one attached hydrogen (secondary N) is 2. The predicted molar refractivity (Wildman–Crippen MR) is 118 cm³/mol. The summed E-state index contributed by atoms with van der Waals surface area (Å²) >= 11 is 5.94. The number of halogens is 1. The summed E-state index contributed by atoms with van der Waals surface area (Å²) in [6.45, 7) is 0. The normalized spacial score (nSPS) is 10.8. The van der Waals surface area contributed by atoms with Gasteiger partial charge in [0, 0.05) is 28.3 Å². The van der Waals surface area contributed by atoms with Crippen molar-refractivity contribution in [2.24, 2.45) is 5.73 Å². The molecule has 0 aliphatic heterocycles. The van der Waals surface area contributed by atoms with Crippen LogP contribution in [0, 0.1) is 0 Å². The number of fused-ring (bicyclic) bond motifs is 1. The Bertz CT molecular complexity index is 1210. The smallest absolute Gasteiger partial charge is 0.255 e. The number of hydrogen-bond acceptors (Lipinski definition) is 3. The van der Waals surface area contributed by atoms with Crippen molar-refractivity contribution in [1.29, 1.82) is 0 Å². The molecule has 0 spiro atoms. The molecule has 6 nitrogen and oxygen atoms in total. The summed E-state index contributed by atoms with van der Waals surface area (Å²) in [7, 11) is 0. The zero-order chi connectivity index (χ0) is 21.1. The number of aromatic amines is 1. The maximum Gasteiger partial charge on any atom is 0.255 e. The summed E-state index contributed by atoms with van der Waals surface area (Å²) in [4.78, 5) is 31.4. The highest BCUT2D eigenvalue weighted by molar-refractivity contribution is 6.30. The molecular weight excluding hydrogens is 400 g/mol. The highest BCUT2D eigenvalue weighted by Gasteiger charge is 2.11. The van der Waals surface area contributed by atoms with E-state index in [0.29, 0.717) is 34.9 Å². The lowest BCUT2D eigenvalue weighted by molar-refractivity contribution is -0.117. The number of carbonyl (C=O) groups excluding carboxylic acids is 2. The Labute approximate surface area is 178 Å². The van der Waals surface area contributed by atoms with Crippen LogP contribution in [0.25, 0.3) is 22.4 Å². The van der Waals surface area contributed by atoms with Crippen molar-refractivity contribution >= 4 is 40.1 Å². The molecular formula is C23H19ClN4O2. The van der Waals surface area contributed by atoms with Gasteiger partial charge >= 0.3 is 0 Å². The molecule has 4 N–H and O–H groups in total. The second-order valence-electron chi connectivity index (χ2n) is 6.94. The van der Waals surface area contributed by atoms with Gasteiger partial charge in [-0.15, -0.1) is 0 Å². The van der Waals surface area contributed by atoms with Crippen LogP contribution >= 0.6 is 11.6 Å². The number of rotatable bonds is 6. The van der Waals surface area contributed by atoms with Crippen molar-refractivity contribution in [2.45, 2.75) is 12.8 Å². The number of primary amides is 1. The third-order valence-electron chi connectivity index (χ3n) is 4.73. The van der Waals surface area contributed by atoms with Gasteiger partial charge in [-0.3, -0.25) is 9.59 Å². The number of benzene rings is 3. The molecule has 150 valence electrons. The average Bonchev–Trinajstić information content (AvgIpc) is 3.17. The van der Waals surface area contributed by atoms with Crippen LogP contribution < -0.4 is 11.1 Å². The van der Waals surface area contributed by atoms with E-state index in [-0.39, 0.29) is 11.8 Å². The van der Waals surface area contributed by atoms with E-state index >= 15 is 0 Å². The zero-order valence-electron chi connectivity index (χ0n) is 16.0. The molecule has 0 aliphatic rings. The fraction of sp³-hybridized carbons (Fsp3) is 0.0870. The number of imidazole rings is 1. The van der Waals surface area contributed by atoms with Gasteiger partial charge in [-0.25, -0.2) is 4.98 Å². The van der Waals surface area contributed by atoms with Gasteiger partial charge in [0.15, 0.2) is 0 Å². The summed E-state index contributed by atoms with van der Waals surface area (Å²) < 4.78 is 0. The van der Waals surface area contributed by atoms with E-state index in [1.807, 2.05) is 54.6 Å². The largest absolute Gasteiger partial charge is 0.370 e. The van der Waals surface area contributed by atoms with Crippen molar-refractivity contribution in [2.75, 3.05) is 5.32 Å². The van der Waals surface area contributed by atoms with Crippen molar-refractivity contribution in [3.63, 3.8) is 0 Å². The molecule has 2 amide bonds. The van der Waals surface area contributed by atoms with Gasteiger partial charge in [0.05, 0.1) is 11.0 Å². The standard InChI is InChI=1S/C23H19ClN4O2/c24-17-7-4-15(5-8-17)22-27-19-11-6-16(13-20(19)28-22)23(30)26-18-9-1-14(2-10-18)3-12-21(25)29/h1-2,4-11,13H,3,12H2,(H2,25,29)(H,26,30)(H,27,28). The molecule has 0 atom stereocenters. The number of anilines is 1. The molecule has 0 radical (unpaired) electrons. The van der Waals surface area contributed by atoms with Crippen LogP contribution in [-0.4, -0.2) is 21.8 Å². The maximum atomic E-state index is 12.7. The van der Waals surface area contributed by atoms with Crippen LogP contribution in [-0.2, 0) is 11.2 Å². The third kappa shape index (κ3) is 4.50. The zero-order valence-corrected chi connectivity index (χ0v) is 16.7. The third-order valence-corrected chi connectivity index (χ3v) is 4.99. The van der Waals surface area contributed by atoms with Crippen molar-refractivity contribution in [3.05, 3.63) is 82.9 Å². The maximum absolute atomic E-state index is 12.7. The first-order valence-corrected chi connectivity index (χ1v) is 9.80. The Morgan fingerprint density at radius 1 is 1.00 bits per heavy atom. The number of aromatic nitrogens is 2. The Balaban J connectivity index is 1.49. The van der Waals surface area contributed by atoms with E-state index in [4.69, 9.17) is 17.3 Å². The molecule has 0 saturated heterocycles. The Hall–Kier alpha value is -3.64. The van der Waals surface area contributed by atoms with Crippen LogP contribution in [0.4, 0.5) is 5.69 Å². The first-order chi connectivity index (χ1) is 14.5. The number of nitrogens with zero attached hydrogens (tertiary/aromatic N) is 1. The molecule has 1 aromatic heterocycles. The first-order valence-electron chi connectivity index (χ1n) is 9.42. The van der Waals surface area contributed by atoms with Crippen LogP contribution in [0.5, 0.6) is 0 Å². The van der Waals surface area contributed by atoms with Gasteiger partial charge < -0.3 is 16.0 Å². The van der Waals surface area contributed by atoms with Gasteiger partial charge in [0.25, 0.3) is 5.91 Å². The van der Waals surface area contributed by atoms with E-state index in [1.165, 1.54) is 0 Å². The van der Waals surface area contributed by atoms with Crippen molar-refractivity contribution in [1.82, 2.24) is 9.97 Å². The van der Waals surface area contributed by atoms with Gasteiger partial charge in [-0.1, -0.05) is 23.7 Å². The molecule has 0 fully saturated rings. The van der Waals surface area contributed by atoms with Crippen molar-refractivity contribution in [3.8, 4) is 11.4 Å². The summed E-state index contributed by atoms with van der Waals surface area (Å²) in [5.74, 6) is 0.163. The second-order valence-corrected chi connectivity index (χ2v) is 7.38. The lowest BCUT2D eigenvalue weighted by atomic mass is 10.1. The van der Waals surface area contributed by atoms with E-state index in [1.54, 1.807) is 12.1 Å². The minimum atomic E-state index is -0.333. The summed E-state index contributed by atoms with van der Waals surface area (Å²) in [5.41, 5.74) is 9.81. The van der Waals surface area contributed by atoms with Gasteiger partial charge in [-0.2, -0.15) is 0 Å². The van der Waals surface area contributed by atoms with Gasteiger partial charge in [-0.05, 0) is 66.6 Å². The minimum Gasteiger partial charge on any atom is -0.370 e. The van der Waals surface area contributed by atoms with Crippen LogP contribution in [0.15, 0.2) is 66.7 Å². The minimum absolute atomic E-state index is 0.218. The highest BCUT2D eigenvalue weighted by atomic mass is 35.5. The molecule has 0 saturated carbocycles. The van der Waals surface area contributed by atoms with E-state index in [9.17, 15) is 9.59 Å². The number of amides is 2. The summed E-state index contributed by atoms with van der Waals surface area (Å²) in [6.07, 6.45) is 0.879. The molecule has 0 aliphatic carbocycles. The van der Waals surface area contributed by atoms with E-state index < -0.39 is 0 Å². The number of nitrogens with two attached hydrogens (primary N) is 1. The summed E-state index contributed by atoms with van der Waals surface area (Å²) in [5, 5.41) is 3.54. The van der Waals surface area contributed by atoms with Crippen molar-refractivity contribution < 1.29 is 9.59 Å². The van der Waals surface area contributed by atoms with E-state index in [2.05, 4.69) is 15.3 Å².